The molecule has 0 bridgehead atoms. The lowest BCUT2D eigenvalue weighted by molar-refractivity contribution is -0.124. The van der Waals surface area contributed by atoms with Crippen LogP contribution in [0.15, 0.2) is 77.0 Å². The van der Waals surface area contributed by atoms with E-state index in [1.807, 2.05) is 48.5 Å². The monoisotopic (exact) mass is 494 g/mol. The van der Waals surface area contributed by atoms with Crippen LogP contribution in [0.2, 0.25) is 0 Å². The highest BCUT2D eigenvalue weighted by atomic mass is 32.2. The Hall–Kier alpha value is -3.11. The molecule has 1 aliphatic rings. The molecule has 3 aromatic rings. The maximum absolute atomic E-state index is 12.2. The van der Waals surface area contributed by atoms with Gasteiger partial charge < -0.3 is 10.2 Å². The van der Waals surface area contributed by atoms with Crippen LogP contribution in [-0.4, -0.2) is 47.5 Å². The minimum absolute atomic E-state index is 0.0635. The van der Waals surface area contributed by atoms with Gasteiger partial charge in [0.1, 0.15) is 0 Å². The van der Waals surface area contributed by atoms with E-state index >= 15 is 0 Å². The summed E-state index contributed by atoms with van der Waals surface area (Å²) in [4.78, 5) is 27.0. The third-order valence-corrected chi connectivity index (χ3v) is 7.65. The molecule has 2 amide bonds. The average molecular weight is 495 g/mol. The molecule has 34 heavy (non-hydrogen) atoms. The molecule has 4 rings (SSSR count). The number of hydrogen-bond donors (Lipinski definition) is 3. The fourth-order valence-corrected chi connectivity index (χ4v) is 5.82. The summed E-state index contributed by atoms with van der Waals surface area (Å²) in [7, 11) is 0. The van der Waals surface area contributed by atoms with E-state index in [-0.39, 0.29) is 5.91 Å². The Labute approximate surface area is 207 Å². The van der Waals surface area contributed by atoms with Crippen LogP contribution in [0.1, 0.15) is 20.8 Å². The van der Waals surface area contributed by atoms with Crippen molar-refractivity contribution in [3.63, 3.8) is 0 Å². The quantitative estimate of drug-likeness (QED) is 0.190. The Morgan fingerprint density at radius 2 is 1.71 bits per heavy atom. The van der Waals surface area contributed by atoms with Crippen LogP contribution in [-0.2, 0) is 11.3 Å². The van der Waals surface area contributed by atoms with Crippen molar-refractivity contribution in [3.8, 4) is 0 Å². The van der Waals surface area contributed by atoms with Crippen LogP contribution in [0, 0.1) is 0 Å². The molecule has 9 heteroatoms. The number of benzene rings is 2. The van der Waals surface area contributed by atoms with Gasteiger partial charge in [-0.25, -0.2) is 9.79 Å². The maximum atomic E-state index is 12.2. The minimum Gasteiger partial charge on any atom is -0.368 e. The molecule has 1 fully saturated rings. The van der Waals surface area contributed by atoms with Crippen molar-refractivity contribution < 1.29 is 14.8 Å². The van der Waals surface area contributed by atoms with Crippen LogP contribution in [0.4, 0.5) is 5.69 Å². The summed E-state index contributed by atoms with van der Waals surface area (Å²) in [6.45, 7) is 4.06. The SMILES string of the molecule is O=C(/C=C/c1ccccc1N1CCN(Sc2ccc(CNC(=O)c3ccccc3)s2)CC1)NO. The third-order valence-electron chi connectivity index (χ3n) is 5.36. The number of hydroxylamine groups is 1. The zero-order valence-corrected chi connectivity index (χ0v) is 20.1. The highest BCUT2D eigenvalue weighted by Crippen LogP contribution is 2.32. The van der Waals surface area contributed by atoms with Crippen molar-refractivity contribution in [1.29, 1.82) is 0 Å². The van der Waals surface area contributed by atoms with E-state index in [0.717, 1.165) is 42.3 Å². The number of nitrogens with zero attached hydrogens (tertiary/aromatic N) is 2. The Kier molecular flexibility index (Phi) is 8.37. The number of anilines is 1. The Balaban J connectivity index is 1.27. The summed E-state index contributed by atoms with van der Waals surface area (Å²) in [5, 5.41) is 11.7. The zero-order chi connectivity index (χ0) is 23.8. The van der Waals surface area contributed by atoms with Crippen LogP contribution in [0.25, 0.3) is 6.08 Å². The van der Waals surface area contributed by atoms with E-state index in [9.17, 15) is 9.59 Å². The number of rotatable bonds is 8. The van der Waals surface area contributed by atoms with Crippen molar-refractivity contribution in [3.05, 3.63) is 88.8 Å². The molecule has 0 atom stereocenters. The van der Waals surface area contributed by atoms with E-state index in [2.05, 4.69) is 32.7 Å². The molecule has 0 saturated carbocycles. The Bertz CT molecular complexity index is 1140. The summed E-state index contributed by atoms with van der Waals surface area (Å²) >= 11 is 3.45. The number of carbonyl (C=O) groups is 2. The Morgan fingerprint density at radius 3 is 2.47 bits per heavy atom. The fourth-order valence-electron chi connectivity index (χ4n) is 3.63. The van der Waals surface area contributed by atoms with Crippen LogP contribution >= 0.6 is 23.3 Å². The zero-order valence-electron chi connectivity index (χ0n) is 18.5. The molecule has 1 saturated heterocycles. The highest BCUT2D eigenvalue weighted by Gasteiger charge is 2.20. The van der Waals surface area contributed by atoms with Gasteiger partial charge in [0, 0.05) is 48.4 Å². The van der Waals surface area contributed by atoms with Crippen molar-refractivity contribution in [2.45, 2.75) is 10.8 Å². The predicted octanol–water partition coefficient (Wildman–Crippen LogP) is 4.03. The van der Waals surface area contributed by atoms with Gasteiger partial charge in [0.2, 0.25) is 0 Å². The summed E-state index contributed by atoms with van der Waals surface area (Å²) in [6, 6.07) is 21.4. The van der Waals surface area contributed by atoms with Gasteiger partial charge in [-0.3, -0.25) is 14.8 Å². The first-order valence-electron chi connectivity index (χ1n) is 10.9. The normalized spacial score (nSPS) is 14.3. The van der Waals surface area contributed by atoms with Crippen molar-refractivity contribution >= 4 is 46.9 Å². The van der Waals surface area contributed by atoms with Crippen molar-refractivity contribution in [2.75, 3.05) is 31.1 Å². The van der Waals surface area contributed by atoms with E-state index in [0.29, 0.717) is 12.1 Å². The van der Waals surface area contributed by atoms with Gasteiger partial charge >= 0.3 is 0 Å². The van der Waals surface area contributed by atoms with Crippen LogP contribution < -0.4 is 15.7 Å². The molecule has 2 aromatic carbocycles. The average Bonchev–Trinajstić information content (AvgIpc) is 3.34. The van der Waals surface area contributed by atoms with Gasteiger partial charge in [0.25, 0.3) is 11.8 Å². The van der Waals surface area contributed by atoms with Gasteiger partial charge in [-0.2, -0.15) is 0 Å². The first kappa shape index (κ1) is 24.0. The number of nitrogens with one attached hydrogen (secondary N) is 2. The molecular weight excluding hydrogens is 468 g/mol. The maximum Gasteiger partial charge on any atom is 0.267 e. The summed E-state index contributed by atoms with van der Waals surface area (Å²) in [5.74, 6) is -0.614. The molecule has 176 valence electrons. The fraction of sp³-hybridized carbons (Fsp3) is 0.200. The molecule has 3 N–H and O–H groups in total. The van der Waals surface area contributed by atoms with Gasteiger partial charge in [0.05, 0.1) is 10.8 Å². The van der Waals surface area contributed by atoms with Crippen LogP contribution in [0.3, 0.4) is 0 Å². The van der Waals surface area contributed by atoms with Crippen LogP contribution in [0.5, 0.6) is 0 Å². The standard InChI is InChI=1S/C25H26N4O3S2/c30-23(27-32)12-10-19-6-4-5-9-22(19)28-14-16-29(17-15-28)34-24-13-11-21(33-24)18-26-25(31)20-7-2-1-3-8-20/h1-13,32H,14-18H2,(H,26,31)(H,27,30)/b12-10+. The number of thiophene rings is 1. The molecule has 7 nitrogen and oxygen atoms in total. The largest absolute Gasteiger partial charge is 0.368 e. The topological polar surface area (TPSA) is 84.9 Å². The first-order chi connectivity index (χ1) is 16.6. The lowest BCUT2D eigenvalue weighted by Crippen LogP contribution is -2.43. The lowest BCUT2D eigenvalue weighted by Gasteiger charge is -2.35. The van der Waals surface area contributed by atoms with E-state index in [4.69, 9.17) is 5.21 Å². The van der Waals surface area contributed by atoms with Crippen molar-refractivity contribution in [2.24, 2.45) is 0 Å². The van der Waals surface area contributed by atoms with Gasteiger partial charge in [-0.15, -0.1) is 11.3 Å². The summed E-state index contributed by atoms with van der Waals surface area (Å²) < 4.78 is 3.56. The Morgan fingerprint density at radius 1 is 0.971 bits per heavy atom. The molecule has 0 spiro atoms. The second-order valence-corrected chi connectivity index (χ2v) is 10.2. The molecule has 0 radical (unpaired) electrons. The van der Waals surface area contributed by atoms with Gasteiger partial charge in [0.15, 0.2) is 0 Å². The number of piperazine rings is 1. The van der Waals surface area contributed by atoms with E-state index < -0.39 is 5.91 Å². The first-order valence-corrected chi connectivity index (χ1v) is 12.5. The number of para-hydroxylation sites is 1. The molecule has 0 unspecified atom stereocenters. The number of amides is 2. The molecular formula is C25H26N4O3S2. The van der Waals surface area contributed by atoms with Gasteiger partial charge in [-0.1, -0.05) is 36.4 Å². The smallest absolute Gasteiger partial charge is 0.267 e. The second kappa shape index (κ2) is 11.8. The number of hydrogen-bond acceptors (Lipinski definition) is 7. The van der Waals surface area contributed by atoms with E-state index in [1.54, 1.807) is 34.8 Å². The van der Waals surface area contributed by atoms with E-state index in [1.165, 1.54) is 10.3 Å². The lowest BCUT2D eigenvalue weighted by atomic mass is 10.1. The predicted molar refractivity (Wildman–Crippen MR) is 137 cm³/mol. The summed E-state index contributed by atoms with van der Waals surface area (Å²) in [5.41, 5.74) is 4.29. The highest BCUT2D eigenvalue weighted by molar-refractivity contribution is 7.98. The second-order valence-electron chi connectivity index (χ2n) is 7.65. The molecule has 1 aromatic heterocycles. The molecule has 0 aliphatic carbocycles. The molecule has 2 heterocycles. The minimum atomic E-state index is -0.550. The summed E-state index contributed by atoms with van der Waals surface area (Å²) in [6.07, 6.45) is 3.04. The number of carbonyl (C=O) groups excluding carboxylic acids is 2. The molecule has 1 aliphatic heterocycles. The van der Waals surface area contributed by atoms with Crippen molar-refractivity contribution in [1.82, 2.24) is 15.1 Å². The van der Waals surface area contributed by atoms with Gasteiger partial charge in [-0.05, 0) is 53.9 Å². The third kappa shape index (κ3) is 6.48.